The van der Waals surface area contributed by atoms with Gasteiger partial charge < -0.3 is 5.32 Å². The third-order valence-corrected chi connectivity index (χ3v) is 6.31. The summed E-state index contributed by atoms with van der Waals surface area (Å²) < 4.78 is 27.4. The summed E-state index contributed by atoms with van der Waals surface area (Å²) >= 11 is 0. The Kier molecular flexibility index (Phi) is 4.37. The molecule has 1 aliphatic heterocycles. The molecule has 0 unspecified atom stereocenters. The fraction of sp³-hybridized carbons (Fsp3) is 0.100. The molecule has 1 amide bonds. The van der Waals surface area contributed by atoms with E-state index in [0.29, 0.717) is 24.2 Å². The molecule has 0 aliphatic carbocycles. The lowest BCUT2D eigenvalue weighted by Crippen LogP contribution is -2.29. The number of fused-ring (bicyclic) bond motifs is 1. The van der Waals surface area contributed by atoms with Gasteiger partial charge in [-0.25, -0.2) is 8.42 Å². The first-order valence-corrected chi connectivity index (χ1v) is 9.92. The summed E-state index contributed by atoms with van der Waals surface area (Å²) in [6.07, 6.45) is 3.78. The summed E-state index contributed by atoms with van der Waals surface area (Å²) in [5.41, 5.74) is 2.77. The zero-order chi connectivity index (χ0) is 18.9. The molecule has 1 aromatic heterocycles. The van der Waals surface area contributed by atoms with E-state index in [1.165, 1.54) is 16.4 Å². The number of para-hydroxylation sites is 1. The number of sulfonamides is 1. The van der Waals surface area contributed by atoms with Gasteiger partial charge in [-0.15, -0.1) is 0 Å². The van der Waals surface area contributed by atoms with Gasteiger partial charge in [-0.1, -0.05) is 18.2 Å². The minimum atomic E-state index is -3.64. The topological polar surface area (TPSA) is 79.4 Å². The molecule has 2 heterocycles. The van der Waals surface area contributed by atoms with E-state index in [1.807, 2.05) is 24.3 Å². The van der Waals surface area contributed by atoms with Crippen LogP contribution in [0.5, 0.6) is 0 Å². The van der Waals surface area contributed by atoms with E-state index in [-0.39, 0.29) is 10.8 Å². The molecule has 27 heavy (non-hydrogen) atoms. The fourth-order valence-corrected chi connectivity index (χ4v) is 4.60. The van der Waals surface area contributed by atoms with Gasteiger partial charge in [0.25, 0.3) is 15.9 Å². The first-order chi connectivity index (χ1) is 13.1. The maximum absolute atomic E-state index is 13.0. The number of carbonyl (C=O) groups excluding carboxylic acids is 1. The monoisotopic (exact) mass is 379 g/mol. The number of amides is 1. The molecule has 0 bridgehead atoms. The van der Waals surface area contributed by atoms with Crippen molar-refractivity contribution in [2.45, 2.75) is 11.3 Å². The predicted octanol–water partition coefficient (Wildman–Crippen LogP) is 3.09. The summed E-state index contributed by atoms with van der Waals surface area (Å²) in [6.45, 7) is 0.433. The molecule has 1 aliphatic rings. The second-order valence-corrected chi connectivity index (χ2v) is 8.03. The molecule has 0 atom stereocenters. The Morgan fingerprint density at radius 2 is 1.67 bits per heavy atom. The maximum Gasteiger partial charge on any atom is 0.264 e. The van der Waals surface area contributed by atoms with Crippen LogP contribution < -0.4 is 9.62 Å². The van der Waals surface area contributed by atoms with Crippen LogP contribution in [0, 0.1) is 0 Å². The van der Waals surface area contributed by atoms with Crippen LogP contribution in [0.2, 0.25) is 0 Å². The lowest BCUT2D eigenvalue weighted by molar-refractivity contribution is 0.102. The highest BCUT2D eigenvalue weighted by Crippen LogP contribution is 2.32. The van der Waals surface area contributed by atoms with Crippen LogP contribution in [-0.2, 0) is 16.4 Å². The Bertz CT molecular complexity index is 1080. The van der Waals surface area contributed by atoms with E-state index in [1.54, 1.807) is 36.7 Å². The molecule has 0 fully saturated rings. The number of hydrogen-bond acceptors (Lipinski definition) is 4. The molecule has 0 spiro atoms. The number of pyridine rings is 1. The Labute approximate surface area is 157 Å². The summed E-state index contributed by atoms with van der Waals surface area (Å²) in [7, 11) is -3.64. The van der Waals surface area contributed by atoms with Crippen molar-refractivity contribution in [2.75, 3.05) is 16.2 Å². The van der Waals surface area contributed by atoms with Crippen LogP contribution in [0.15, 0.2) is 78.0 Å². The number of nitrogens with one attached hydrogen (secondary N) is 1. The summed E-state index contributed by atoms with van der Waals surface area (Å²) in [4.78, 5) is 16.2. The number of aromatic nitrogens is 1. The third-order valence-electron chi connectivity index (χ3n) is 4.49. The van der Waals surface area contributed by atoms with Gasteiger partial charge in [0.05, 0.1) is 10.6 Å². The van der Waals surface area contributed by atoms with Gasteiger partial charge in [-0.05, 0) is 54.4 Å². The van der Waals surface area contributed by atoms with E-state index in [4.69, 9.17) is 0 Å². The van der Waals surface area contributed by atoms with Crippen molar-refractivity contribution in [3.63, 3.8) is 0 Å². The molecule has 136 valence electrons. The average molecular weight is 379 g/mol. The standard InChI is InChI=1S/C20H17N3O3S/c24-20(16-9-12-21-13-10-16)22-17-5-7-18(8-6-17)27(25,26)23-14-11-15-3-1-2-4-19(15)23/h1-10,12-13H,11,14H2,(H,22,24). The normalized spacial score (nSPS) is 13.3. The maximum atomic E-state index is 13.0. The predicted molar refractivity (Wildman–Crippen MR) is 103 cm³/mol. The highest BCUT2D eigenvalue weighted by molar-refractivity contribution is 7.92. The molecule has 4 rings (SSSR count). The van der Waals surface area contributed by atoms with Gasteiger partial charge in [0, 0.05) is 30.2 Å². The van der Waals surface area contributed by atoms with Crippen LogP contribution in [-0.4, -0.2) is 25.9 Å². The van der Waals surface area contributed by atoms with Crippen molar-refractivity contribution in [1.82, 2.24) is 4.98 Å². The van der Waals surface area contributed by atoms with Gasteiger partial charge in [0.1, 0.15) is 0 Å². The second-order valence-electron chi connectivity index (χ2n) is 6.17. The smallest absolute Gasteiger partial charge is 0.264 e. The van der Waals surface area contributed by atoms with E-state index in [9.17, 15) is 13.2 Å². The largest absolute Gasteiger partial charge is 0.322 e. The van der Waals surface area contributed by atoms with Crippen LogP contribution >= 0.6 is 0 Å². The summed E-state index contributed by atoms with van der Waals surface area (Å²) in [5, 5.41) is 2.75. The fourth-order valence-electron chi connectivity index (χ4n) is 3.10. The number of nitrogens with zero attached hydrogens (tertiary/aromatic N) is 2. The zero-order valence-corrected chi connectivity index (χ0v) is 15.2. The van der Waals surface area contributed by atoms with Crippen LogP contribution in [0.1, 0.15) is 15.9 Å². The van der Waals surface area contributed by atoms with E-state index in [0.717, 1.165) is 11.3 Å². The van der Waals surface area contributed by atoms with E-state index in [2.05, 4.69) is 10.3 Å². The number of carbonyl (C=O) groups is 1. The number of rotatable bonds is 4. The third kappa shape index (κ3) is 3.29. The lowest BCUT2D eigenvalue weighted by atomic mass is 10.2. The second kappa shape index (κ2) is 6.85. The molecular formula is C20H17N3O3S. The van der Waals surface area contributed by atoms with Gasteiger partial charge in [-0.2, -0.15) is 0 Å². The molecule has 7 heteroatoms. The van der Waals surface area contributed by atoms with Crippen molar-refractivity contribution in [3.05, 3.63) is 84.2 Å². The quantitative estimate of drug-likeness (QED) is 0.755. The van der Waals surface area contributed by atoms with Crippen molar-refractivity contribution in [3.8, 4) is 0 Å². The van der Waals surface area contributed by atoms with E-state index >= 15 is 0 Å². The van der Waals surface area contributed by atoms with Gasteiger partial charge in [-0.3, -0.25) is 14.1 Å². The Morgan fingerprint density at radius 3 is 2.41 bits per heavy atom. The van der Waals surface area contributed by atoms with Crippen molar-refractivity contribution in [1.29, 1.82) is 0 Å². The van der Waals surface area contributed by atoms with E-state index < -0.39 is 10.0 Å². The number of benzene rings is 2. The molecule has 0 saturated carbocycles. The van der Waals surface area contributed by atoms with Crippen molar-refractivity contribution in [2.24, 2.45) is 0 Å². The number of anilines is 2. The van der Waals surface area contributed by atoms with Gasteiger partial charge in [0.15, 0.2) is 0 Å². The first-order valence-electron chi connectivity index (χ1n) is 8.48. The lowest BCUT2D eigenvalue weighted by Gasteiger charge is -2.19. The molecule has 3 aromatic rings. The minimum absolute atomic E-state index is 0.195. The Morgan fingerprint density at radius 1 is 0.963 bits per heavy atom. The SMILES string of the molecule is O=C(Nc1ccc(S(=O)(=O)N2CCc3ccccc32)cc1)c1ccncc1. The van der Waals surface area contributed by atoms with Crippen LogP contribution in [0.25, 0.3) is 0 Å². The van der Waals surface area contributed by atoms with Gasteiger partial charge >= 0.3 is 0 Å². The highest BCUT2D eigenvalue weighted by Gasteiger charge is 2.30. The molecule has 0 radical (unpaired) electrons. The van der Waals surface area contributed by atoms with Crippen molar-refractivity contribution < 1.29 is 13.2 Å². The zero-order valence-electron chi connectivity index (χ0n) is 14.4. The molecule has 6 nitrogen and oxygen atoms in total. The molecule has 2 aromatic carbocycles. The first kappa shape index (κ1) is 17.2. The summed E-state index contributed by atoms with van der Waals surface area (Å²) in [5.74, 6) is -0.276. The van der Waals surface area contributed by atoms with Crippen LogP contribution in [0.3, 0.4) is 0 Å². The Balaban J connectivity index is 1.55. The van der Waals surface area contributed by atoms with Crippen molar-refractivity contribution >= 4 is 27.3 Å². The molecular weight excluding hydrogens is 362 g/mol. The highest BCUT2D eigenvalue weighted by atomic mass is 32.2. The van der Waals surface area contributed by atoms with Gasteiger partial charge in [0.2, 0.25) is 0 Å². The summed E-state index contributed by atoms with van der Waals surface area (Å²) in [6, 6.07) is 16.9. The molecule has 1 N–H and O–H groups in total. The average Bonchev–Trinajstić information content (AvgIpc) is 3.14. The minimum Gasteiger partial charge on any atom is -0.322 e. The van der Waals surface area contributed by atoms with Crippen LogP contribution in [0.4, 0.5) is 11.4 Å². The number of hydrogen-bond donors (Lipinski definition) is 1. The Hall–Kier alpha value is -3.19. The molecule has 0 saturated heterocycles.